The van der Waals surface area contributed by atoms with Gasteiger partial charge in [0.15, 0.2) is 0 Å². The molecule has 22 heavy (non-hydrogen) atoms. The number of aromatic nitrogens is 1. The Kier molecular flexibility index (Phi) is 4.08. The van der Waals surface area contributed by atoms with Crippen molar-refractivity contribution >= 4 is 15.8 Å². The number of sulfonamides is 1. The van der Waals surface area contributed by atoms with Crippen LogP contribution in [0.4, 0.5) is 10.2 Å². The van der Waals surface area contributed by atoms with Crippen LogP contribution >= 0.6 is 0 Å². The molecule has 0 unspecified atom stereocenters. The largest absolute Gasteiger partial charge is 0.366 e. The van der Waals surface area contributed by atoms with E-state index in [2.05, 4.69) is 15.0 Å². The van der Waals surface area contributed by atoms with Gasteiger partial charge in [0.1, 0.15) is 5.82 Å². The van der Waals surface area contributed by atoms with E-state index in [-0.39, 0.29) is 10.9 Å². The van der Waals surface area contributed by atoms with Crippen LogP contribution in [0.1, 0.15) is 18.4 Å². The summed E-state index contributed by atoms with van der Waals surface area (Å²) in [7, 11) is -3.42. The lowest BCUT2D eigenvalue weighted by Gasteiger charge is -2.08. The van der Waals surface area contributed by atoms with Gasteiger partial charge in [0.25, 0.3) is 0 Å². The first-order chi connectivity index (χ1) is 10.5. The van der Waals surface area contributed by atoms with E-state index in [0.717, 1.165) is 18.4 Å². The monoisotopic (exact) mass is 321 g/mol. The van der Waals surface area contributed by atoms with E-state index in [4.69, 9.17) is 0 Å². The summed E-state index contributed by atoms with van der Waals surface area (Å²) in [6, 6.07) is 11.2. The third kappa shape index (κ3) is 3.80. The van der Waals surface area contributed by atoms with Gasteiger partial charge in [-0.1, -0.05) is 18.2 Å². The average Bonchev–Trinajstić information content (AvgIpc) is 3.29. The summed E-state index contributed by atoms with van der Waals surface area (Å²) in [4.78, 5) is 3.96. The van der Waals surface area contributed by atoms with Crippen LogP contribution < -0.4 is 10.0 Å². The zero-order valence-electron chi connectivity index (χ0n) is 11.8. The molecule has 7 heteroatoms. The third-order valence-corrected chi connectivity index (χ3v) is 4.86. The number of nitrogens with one attached hydrogen (secondary N) is 2. The van der Waals surface area contributed by atoms with Crippen LogP contribution in [0, 0.1) is 5.95 Å². The fourth-order valence-corrected chi connectivity index (χ4v) is 3.28. The summed E-state index contributed by atoms with van der Waals surface area (Å²) in [6.07, 6.45) is 1.81. The summed E-state index contributed by atoms with van der Waals surface area (Å²) in [5.41, 5.74) is 0.886. The molecular weight excluding hydrogens is 305 g/mol. The second-order valence-electron chi connectivity index (χ2n) is 5.24. The predicted molar refractivity (Wildman–Crippen MR) is 81.3 cm³/mol. The van der Waals surface area contributed by atoms with Gasteiger partial charge < -0.3 is 5.32 Å². The Morgan fingerprint density at radius 1 is 1.14 bits per heavy atom. The van der Waals surface area contributed by atoms with E-state index >= 15 is 0 Å². The molecule has 1 aliphatic rings. The zero-order valence-corrected chi connectivity index (χ0v) is 12.6. The van der Waals surface area contributed by atoms with E-state index < -0.39 is 16.0 Å². The average molecular weight is 321 g/mol. The molecule has 1 saturated carbocycles. The molecular formula is C15H16FN3O2S. The van der Waals surface area contributed by atoms with Crippen molar-refractivity contribution in [2.24, 2.45) is 0 Å². The van der Waals surface area contributed by atoms with Crippen molar-refractivity contribution < 1.29 is 12.8 Å². The molecule has 0 radical (unpaired) electrons. The van der Waals surface area contributed by atoms with Crippen molar-refractivity contribution in [2.45, 2.75) is 30.3 Å². The number of nitrogens with zero attached hydrogens (tertiary/aromatic N) is 1. The molecule has 0 saturated heterocycles. The SMILES string of the molecule is O=S(=O)(NC1CC1)c1ccc(CNc2cccc(F)n2)cc1. The molecule has 2 aromatic rings. The van der Waals surface area contributed by atoms with Crippen molar-refractivity contribution in [2.75, 3.05) is 5.32 Å². The smallest absolute Gasteiger partial charge is 0.240 e. The summed E-state index contributed by atoms with van der Waals surface area (Å²) < 4.78 is 39.7. The van der Waals surface area contributed by atoms with Crippen molar-refractivity contribution in [3.63, 3.8) is 0 Å². The molecule has 116 valence electrons. The molecule has 3 rings (SSSR count). The van der Waals surface area contributed by atoms with Crippen LogP contribution in [0.15, 0.2) is 47.4 Å². The van der Waals surface area contributed by atoms with E-state index in [0.29, 0.717) is 12.4 Å². The number of hydrogen-bond acceptors (Lipinski definition) is 4. The minimum atomic E-state index is -3.42. The van der Waals surface area contributed by atoms with Gasteiger partial charge in [-0.05, 0) is 42.7 Å². The third-order valence-electron chi connectivity index (χ3n) is 3.32. The molecule has 1 aliphatic carbocycles. The van der Waals surface area contributed by atoms with Crippen LogP contribution in [0.25, 0.3) is 0 Å². The number of pyridine rings is 1. The van der Waals surface area contributed by atoms with Crippen LogP contribution in [0.3, 0.4) is 0 Å². The van der Waals surface area contributed by atoms with Gasteiger partial charge in [-0.2, -0.15) is 4.39 Å². The first-order valence-corrected chi connectivity index (χ1v) is 8.49. The summed E-state index contributed by atoms with van der Waals surface area (Å²) in [5, 5.41) is 2.99. The highest BCUT2D eigenvalue weighted by molar-refractivity contribution is 7.89. The molecule has 0 atom stereocenters. The van der Waals surface area contributed by atoms with E-state index in [1.54, 1.807) is 36.4 Å². The molecule has 1 aromatic carbocycles. The lowest BCUT2D eigenvalue weighted by molar-refractivity contribution is 0.580. The minimum absolute atomic E-state index is 0.0883. The van der Waals surface area contributed by atoms with E-state index in [1.807, 2.05) is 0 Å². The van der Waals surface area contributed by atoms with Crippen molar-refractivity contribution in [1.82, 2.24) is 9.71 Å². The Morgan fingerprint density at radius 3 is 2.50 bits per heavy atom. The second-order valence-corrected chi connectivity index (χ2v) is 6.95. The molecule has 0 amide bonds. The highest BCUT2D eigenvalue weighted by Gasteiger charge is 2.27. The maximum absolute atomic E-state index is 13.0. The topological polar surface area (TPSA) is 71.1 Å². The lowest BCUT2D eigenvalue weighted by atomic mass is 10.2. The molecule has 5 nitrogen and oxygen atoms in total. The highest BCUT2D eigenvalue weighted by atomic mass is 32.2. The van der Waals surface area contributed by atoms with Gasteiger partial charge in [0.2, 0.25) is 16.0 Å². The van der Waals surface area contributed by atoms with Gasteiger partial charge in [0.05, 0.1) is 4.90 Å². The minimum Gasteiger partial charge on any atom is -0.366 e. The number of halogens is 1. The first-order valence-electron chi connectivity index (χ1n) is 7.01. The van der Waals surface area contributed by atoms with Crippen LogP contribution in [0.5, 0.6) is 0 Å². The second kappa shape index (κ2) is 6.02. The molecule has 2 N–H and O–H groups in total. The first kappa shape index (κ1) is 14.9. The fraction of sp³-hybridized carbons (Fsp3) is 0.267. The van der Waals surface area contributed by atoms with Crippen LogP contribution in [0.2, 0.25) is 0 Å². The molecule has 0 bridgehead atoms. The normalized spacial score (nSPS) is 14.8. The van der Waals surface area contributed by atoms with Gasteiger partial charge >= 0.3 is 0 Å². The molecule has 0 spiro atoms. The molecule has 1 aromatic heterocycles. The van der Waals surface area contributed by atoms with Gasteiger partial charge in [-0.25, -0.2) is 18.1 Å². The van der Waals surface area contributed by atoms with Gasteiger partial charge in [-0.3, -0.25) is 0 Å². The summed E-state index contributed by atoms with van der Waals surface area (Å²) in [6.45, 7) is 0.437. The molecule has 0 aliphatic heterocycles. The van der Waals surface area contributed by atoms with Crippen molar-refractivity contribution in [3.8, 4) is 0 Å². The van der Waals surface area contributed by atoms with Gasteiger partial charge in [-0.15, -0.1) is 0 Å². The van der Waals surface area contributed by atoms with E-state index in [9.17, 15) is 12.8 Å². The van der Waals surface area contributed by atoms with Crippen molar-refractivity contribution in [3.05, 3.63) is 54.0 Å². The maximum Gasteiger partial charge on any atom is 0.240 e. The maximum atomic E-state index is 13.0. The highest BCUT2D eigenvalue weighted by Crippen LogP contribution is 2.22. The Bertz CT molecular complexity index is 759. The van der Waals surface area contributed by atoms with Gasteiger partial charge in [0, 0.05) is 12.6 Å². The summed E-state index contributed by atoms with van der Waals surface area (Å²) >= 11 is 0. The quantitative estimate of drug-likeness (QED) is 0.801. The standard InChI is InChI=1S/C15H16FN3O2S/c16-14-2-1-3-15(18-14)17-10-11-4-8-13(9-5-11)22(20,21)19-12-6-7-12/h1-5,8-9,12,19H,6-7,10H2,(H,17,18). The fourth-order valence-electron chi connectivity index (χ4n) is 1.97. The molecule has 1 heterocycles. The summed E-state index contributed by atoms with van der Waals surface area (Å²) in [5.74, 6) is -0.107. The zero-order chi connectivity index (χ0) is 15.6. The van der Waals surface area contributed by atoms with Crippen molar-refractivity contribution in [1.29, 1.82) is 0 Å². The number of hydrogen-bond donors (Lipinski definition) is 2. The number of benzene rings is 1. The number of rotatable bonds is 6. The Balaban J connectivity index is 1.64. The van der Waals surface area contributed by atoms with Crippen LogP contribution in [-0.4, -0.2) is 19.4 Å². The number of anilines is 1. The van der Waals surface area contributed by atoms with E-state index in [1.165, 1.54) is 6.07 Å². The predicted octanol–water partition coefficient (Wildman–Crippen LogP) is 2.27. The lowest BCUT2D eigenvalue weighted by Crippen LogP contribution is -2.25. The molecule has 1 fully saturated rings. The Hall–Kier alpha value is -1.99. The Labute approximate surface area is 128 Å². The van der Waals surface area contributed by atoms with Crippen LogP contribution in [-0.2, 0) is 16.6 Å². The Morgan fingerprint density at radius 2 is 1.86 bits per heavy atom.